The third-order valence-electron chi connectivity index (χ3n) is 3.62. The second kappa shape index (κ2) is 5.38. The number of anilines is 1. The number of nitrogens with one attached hydrogen (secondary N) is 1. The standard InChI is InChI=1S/C14H11ClFN3O2S/c15-10-1-2-11(16)14-12(10)13(8(5-17)6-18-14)19-9-3-4-22(20,21)7-9/h1-2,6,9H,3-4,7H2,(H,18,19)/t9-/m1/s1. The number of pyridine rings is 1. The van der Waals surface area contributed by atoms with Gasteiger partial charge in [0.05, 0.1) is 27.8 Å². The largest absolute Gasteiger partial charge is 0.380 e. The van der Waals surface area contributed by atoms with E-state index in [-0.39, 0.29) is 33.7 Å². The predicted molar refractivity (Wildman–Crippen MR) is 82.1 cm³/mol. The first-order chi connectivity index (χ1) is 10.4. The van der Waals surface area contributed by atoms with Crippen molar-refractivity contribution in [1.82, 2.24) is 4.98 Å². The van der Waals surface area contributed by atoms with E-state index in [1.165, 1.54) is 18.3 Å². The lowest BCUT2D eigenvalue weighted by atomic mass is 10.1. The van der Waals surface area contributed by atoms with E-state index in [1.807, 2.05) is 6.07 Å². The smallest absolute Gasteiger partial charge is 0.152 e. The molecule has 5 nitrogen and oxygen atoms in total. The zero-order valence-electron chi connectivity index (χ0n) is 11.3. The molecule has 1 saturated heterocycles. The number of nitriles is 1. The van der Waals surface area contributed by atoms with Crippen LogP contribution in [0.4, 0.5) is 10.1 Å². The number of aromatic nitrogens is 1. The van der Waals surface area contributed by atoms with Crippen molar-refractivity contribution in [3.05, 3.63) is 34.7 Å². The molecule has 1 aromatic carbocycles. The van der Waals surface area contributed by atoms with Crippen LogP contribution in [0.5, 0.6) is 0 Å². The fourth-order valence-electron chi connectivity index (χ4n) is 2.58. The summed E-state index contributed by atoms with van der Waals surface area (Å²) in [4.78, 5) is 3.94. The highest BCUT2D eigenvalue weighted by Crippen LogP contribution is 2.34. The minimum Gasteiger partial charge on any atom is -0.380 e. The fraction of sp³-hybridized carbons (Fsp3) is 0.286. The van der Waals surface area contributed by atoms with Gasteiger partial charge >= 0.3 is 0 Å². The summed E-state index contributed by atoms with van der Waals surface area (Å²) in [6.45, 7) is 0. The van der Waals surface area contributed by atoms with E-state index in [0.717, 1.165) is 0 Å². The van der Waals surface area contributed by atoms with Crippen LogP contribution in [0.1, 0.15) is 12.0 Å². The van der Waals surface area contributed by atoms with Crippen molar-refractivity contribution < 1.29 is 12.8 Å². The molecule has 0 saturated carbocycles. The van der Waals surface area contributed by atoms with Crippen LogP contribution in [0, 0.1) is 17.1 Å². The molecule has 1 aromatic heterocycles. The Kier molecular flexibility index (Phi) is 3.67. The van der Waals surface area contributed by atoms with E-state index in [9.17, 15) is 18.1 Å². The van der Waals surface area contributed by atoms with Crippen LogP contribution in [0.3, 0.4) is 0 Å². The van der Waals surface area contributed by atoms with Gasteiger partial charge in [0.15, 0.2) is 9.84 Å². The van der Waals surface area contributed by atoms with Gasteiger partial charge in [-0.1, -0.05) is 11.6 Å². The van der Waals surface area contributed by atoms with Crippen LogP contribution in [-0.2, 0) is 9.84 Å². The molecular formula is C14H11ClFN3O2S. The summed E-state index contributed by atoms with van der Waals surface area (Å²) >= 11 is 6.13. The summed E-state index contributed by atoms with van der Waals surface area (Å²) in [6.07, 6.45) is 1.69. The molecule has 0 spiro atoms. The van der Waals surface area contributed by atoms with E-state index in [0.29, 0.717) is 17.5 Å². The monoisotopic (exact) mass is 339 g/mol. The lowest BCUT2D eigenvalue weighted by Gasteiger charge is -2.16. The first-order valence-electron chi connectivity index (χ1n) is 6.55. The first-order valence-corrected chi connectivity index (χ1v) is 8.75. The normalized spacial score (nSPS) is 20.0. The van der Waals surface area contributed by atoms with Crippen molar-refractivity contribution in [1.29, 1.82) is 5.26 Å². The van der Waals surface area contributed by atoms with Gasteiger partial charge in [-0.15, -0.1) is 0 Å². The van der Waals surface area contributed by atoms with Gasteiger partial charge in [-0.2, -0.15) is 5.26 Å². The van der Waals surface area contributed by atoms with Crippen LogP contribution in [0.15, 0.2) is 18.3 Å². The molecule has 0 unspecified atom stereocenters. The van der Waals surface area contributed by atoms with Gasteiger partial charge in [0, 0.05) is 17.6 Å². The van der Waals surface area contributed by atoms with E-state index < -0.39 is 15.7 Å². The second-order valence-corrected chi connectivity index (χ2v) is 7.79. The molecule has 1 atom stereocenters. The van der Waals surface area contributed by atoms with E-state index >= 15 is 0 Å². The van der Waals surface area contributed by atoms with Crippen LogP contribution in [0.2, 0.25) is 5.02 Å². The quantitative estimate of drug-likeness (QED) is 0.908. The molecule has 3 rings (SSSR count). The Hall–Kier alpha value is -1.91. The van der Waals surface area contributed by atoms with Gasteiger partial charge in [0.2, 0.25) is 0 Å². The Balaban J connectivity index is 2.15. The Morgan fingerprint density at radius 1 is 1.45 bits per heavy atom. The van der Waals surface area contributed by atoms with Gasteiger partial charge in [-0.25, -0.2) is 12.8 Å². The Morgan fingerprint density at radius 2 is 2.23 bits per heavy atom. The predicted octanol–water partition coefficient (Wildman–Crippen LogP) is 2.50. The van der Waals surface area contributed by atoms with Gasteiger partial charge in [-0.05, 0) is 18.6 Å². The molecule has 0 radical (unpaired) electrons. The molecule has 2 heterocycles. The maximum Gasteiger partial charge on any atom is 0.152 e. The number of hydrogen-bond donors (Lipinski definition) is 1. The molecule has 2 aromatic rings. The van der Waals surface area contributed by atoms with Gasteiger partial charge in [0.25, 0.3) is 0 Å². The summed E-state index contributed by atoms with van der Waals surface area (Å²) in [5.41, 5.74) is 0.582. The molecule has 22 heavy (non-hydrogen) atoms. The van der Waals surface area contributed by atoms with Crippen LogP contribution < -0.4 is 5.32 Å². The Labute approximate surface area is 131 Å². The van der Waals surface area contributed by atoms with E-state index in [4.69, 9.17) is 11.6 Å². The average molecular weight is 340 g/mol. The molecule has 0 amide bonds. The van der Waals surface area contributed by atoms with E-state index in [2.05, 4.69) is 10.3 Å². The summed E-state index contributed by atoms with van der Waals surface area (Å²) in [5, 5.41) is 12.8. The molecule has 1 aliphatic heterocycles. The number of halogens is 2. The van der Waals surface area contributed by atoms with Crippen LogP contribution >= 0.6 is 11.6 Å². The topological polar surface area (TPSA) is 82.8 Å². The number of nitrogens with zero attached hydrogens (tertiary/aromatic N) is 2. The Morgan fingerprint density at radius 3 is 2.86 bits per heavy atom. The molecule has 1 fully saturated rings. The highest BCUT2D eigenvalue weighted by molar-refractivity contribution is 7.91. The highest BCUT2D eigenvalue weighted by Gasteiger charge is 2.29. The van der Waals surface area contributed by atoms with Gasteiger partial charge in [-0.3, -0.25) is 4.98 Å². The average Bonchev–Trinajstić information content (AvgIpc) is 2.82. The number of fused-ring (bicyclic) bond motifs is 1. The number of hydrogen-bond acceptors (Lipinski definition) is 5. The minimum absolute atomic E-state index is 0.0192. The number of rotatable bonds is 2. The number of sulfone groups is 1. The van der Waals surface area contributed by atoms with Crippen LogP contribution in [-0.4, -0.2) is 30.9 Å². The SMILES string of the molecule is N#Cc1cnc2c(F)ccc(Cl)c2c1N[C@@H]1CCS(=O)(=O)C1. The summed E-state index contributed by atoms with van der Waals surface area (Å²) in [6, 6.07) is 4.23. The lowest BCUT2D eigenvalue weighted by molar-refractivity contribution is 0.602. The van der Waals surface area contributed by atoms with Crippen molar-refractivity contribution >= 4 is 38.0 Å². The molecule has 0 aliphatic carbocycles. The lowest BCUT2D eigenvalue weighted by Crippen LogP contribution is -2.21. The zero-order chi connectivity index (χ0) is 15.9. The third-order valence-corrected chi connectivity index (χ3v) is 5.70. The van der Waals surface area contributed by atoms with Gasteiger partial charge in [0.1, 0.15) is 17.4 Å². The molecule has 1 aliphatic rings. The van der Waals surface area contributed by atoms with Crippen molar-refractivity contribution in [2.75, 3.05) is 16.8 Å². The molecule has 114 valence electrons. The highest BCUT2D eigenvalue weighted by atomic mass is 35.5. The molecular weight excluding hydrogens is 329 g/mol. The maximum atomic E-state index is 13.9. The first kappa shape index (κ1) is 15.0. The summed E-state index contributed by atoms with van der Waals surface area (Å²) < 4.78 is 37.0. The van der Waals surface area contributed by atoms with Crippen molar-refractivity contribution in [2.45, 2.75) is 12.5 Å². The molecule has 0 bridgehead atoms. The zero-order valence-corrected chi connectivity index (χ0v) is 12.9. The van der Waals surface area contributed by atoms with Crippen LogP contribution in [0.25, 0.3) is 10.9 Å². The van der Waals surface area contributed by atoms with Crippen molar-refractivity contribution in [2.24, 2.45) is 0 Å². The van der Waals surface area contributed by atoms with E-state index in [1.54, 1.807) is 0 Å². The molecule has 1 N–H and O–H groups in total. The Bertz CT molecular complexity index is 908. The second-order valence-electron chi connectivity index (χ2n) is 5.16. The van der Waals surface area contributed by atoms with Gasteiger partial charge < -0.3 is 5.32 Å². The third kappa shape index (κ3) is 2.60. The molecule has 8 heteroatoms. The minimum atomic E-state index is -3.07. The fourth-order valence-corrected chi connectivity index (χ4v) is 4.50. The summed E-state index contributed by atoms with van der Waals surface area (Å²) in [7, 11) is -3.07. The maximum absolute atomic E-state index is 13.9. The number of benzene rings is 1. The van der Waals surface area contributed by atoms with Crippen molar-refractivity contribution in [3.8, 4) is 6.07 Å². The summed E-state index contributed by atoms with van der Waals surface area (Å²) in [5.74, 6) is -0.474. The van der Waals surface area contributed by atoms with Crippen molar-refractivity contribution in [3.63, 3.8) is 0 Å².